The number of fused-ring (bicyclic) bond motifs is 1. The van der Waals surface area contributed by atoms with Crippen LogP contribution in [0.25, 0.3) is 0 Å². The Morgan fingerprint density at radius 1 is 1.17 bits per heavy atom. The normalized spacial score (nSPS) is 30.7. The number of anilines is 1. The van der Waals surface area contributed by atoms with Gasteiger partial charge in [0, 0.05) is 36.5 Å². The van der Waals surface area contributed by atoms with E-state index in [1.807, 2.05) is 25.7 Å². The molecule has 8 heteroatoms. The second-order valence-electron chi connectivity index (χ2n) is 10.1. The van der Waals surface area contributed by atoms with Gasteiger partial charge in [0.05, 0.1) is 5.69 Å². The summed E-state index contributed by atoms with van der Waals surface area (Å²) in [5.74, 6) is 1.46. The summed E-state index contributed by atoms with van der Waals surface area (Å²) in [6.45, 7) is 9.24. The van der Waals surface area contributed by atoms with E-state index in [1.165, 1.54) is 0 Å². The number of nitrogens with zero attached hydrogens (tertiary/aromatic N) is 3. The predicted molar refractivity (Wildman–Crippen MR) is 105 cm³/mol. The van der Waals surface area contributed by atoms with Crippen molar-refractivity contribution in [1.82, 2.24) is 14.7 Å². The summed E-state index contributed by atoms with van der Waals surface area (Å²) in [7, 11) is 0. The molecule has 1 N–H and O–H groups in total. The van der Waals surface area contributed by atoms with Gasteiger partial charge < -0.3 is 10.2 Å². The molecule has 2 aliphatic heterocycles. The zero-order valence-electron chi connectivity index (χ0n) is 17.6. The van der Waals surface area contributed by atoms with E-state index in [2.05, 4.69) is 17.3 Å². The molecular weight excluding hydrogens is 381 g/mol. The van der Waals surface area contributed by atoms with Gasteiger partial charge >= 0.3 is 6.18 Å². The van der Waals surface area contributed by atoms with Gasteiger partial charge in [-0.05, 0) is 37.5 Å². The van der Waals surface area contributed by atoms with Crippen LogP contribution < -0.4 is 5.32 Å². The minimum atomic E-state index is -4.34. The van der Waals surface area contributed by atoms with Crippen LogP contribution in [-0.4, -0.2) is 45.9 Å². The zero-order valence-corrected chi connectivity index (χ0v) is 17.6. The van der Waals surface area contributed by atoms with Gasteiger partial charge in [0.25, 0.3) is 0 Å². The highest BCUT2D eigenvalue weighted by atomic mass is 19.4. The first-order valence-corrected chi connectivity index (χ1v) is 10.7. The maximum Gasteiger partial charge on any atom is 0.410 e. The molecule has 3 heterocycles. The van der Waals surface area contributed by atoms with E-state index in [0.29, 0.717) is 30.5 Å². The molecule has 0 spiro atoms. The van der Waals surface area contributed by atoms with Crippen molar-refractivity contribution in [3.8, 4) is 0 Å². The molecule has 162 valence electrons. The molecule has 1 amide bonds. The Morgan fingerprint density at radius 2 is 1.79 bits per heavy atom. The van der Waals surface area contributed by atoms with Crippen molar-refractivity contribution in [3.63, 3.8) is 0 Å². The first kappa shape index (κ1) is 20.5. The molecule has 4 rings (SSSR count). The fourth-order valence-corrected chi connectivity index (χ4v) is 4.70. The third-order valence-electron chi connectivity index (χ3n) is 6.83. The molecule has 29 heavy (non-hydrogen) atoms. The van der Waals surface area contributed by atoms with Crippen molar-refractivity contribution in [2.24, 2.45) is 17.8 Å². The van der Waals surface area contributed by atoms with Crippen LogP contribution in [0.4, 0.5) is 19.0 Å². The van der Waals surface area contributed by atoms with Gasteiger partial charge in [-0.25, -0.2) is 4.68 Å². The standard InChI is InChI=1S/C21H31F3N4O/c1-12-9-14(12)19(29)27-7-5-13(6-8-27)15-10-17(21(22,23)24)28-18(25-15)11-16(26-28)20(2,3)4/h11-15,17,25H,5-10H2,1-4H3/t12-,14+,15-,17+/m0/s1. The summed E-state index contributed by atoms with van der Waals surface area (Å²) >= 11 is 0. The first-order chi connectivity index (χ1) is 13.4. The Balaban J connectivity index is 1.48. The second kappa shape index (κ2) is 6.91. The van der Waals surface area contributed by atoms with Gasteiger partial charge in [0.1, 0.15) is 5.82 Å². The van der Waals surface area contributed by atoms with Crippen LogP contribution in [0.5, 0.6) is 0 Å². The van der Waals surface area contributed by atoms with E-state index >= 15 is 0 Å². The Hall–Kier alpha value is -1.73. The number of piperidine rings is 1. The SMILES string of the molecule is C[C@H]1C[C@H]1C(=O)N1CCC([C@@H]2C[C@H](C(F)(F)F)n3nc(C(C)(C)C)cc3N2)CC1. The molecule has 1 aromatic rings. The van der Waals surface area contributed by atoms with E-state index < -0.39 is 12.2 Å². The van der Waals surface area contributed by atoms with Gasteiger partial charge in [0.2, 0.25) is 5.91 Å². The minimum Gasteiger partial charge on any atom is -0.367 e. The third-order valence-corrected chi connectivity index (χ3v) is 6.83. The number of amides is 1. The van der Waals surface area contributed by atoms with Gasteiger partial charge in [-0.15, -0.1) is 0 Å². The van der Waals surface area contributed by atoms with Gasteiger partial charge in [-0.1, -0.05) is 27.7 Å². The highest BCUT2D eigenvalue weighted by molar-refractivity contribution is 5.81. The molecule has 0 unspecified atom stereocenters. The summed E-state index contributed by atoms with van der Waals surface area (Å²) in [5.41, 5.74) is 0.345. The van der Waals surface area contributed by atoms with Crippen LogP contribution in [0.1, 0.15) is 65.1 Å². The number of alkyl halides is 3. The lowest BCUT2D eigenvalue weighted by Gasteiger charge is -2.41. The van der Waals surface area contributed by atoms with E-state index in [-0.39, 0.29) is 35.6 Å². The fourth-order valence-electron chi connectivity index (χ4n) is 4.70. The van der Waals surface area contributed by atoms with E-state index in [1.54, 1.807) is 6.07 Å². The summed E-state index contributed by atoms with van der Waals surface area (Å²) in [4.78, 5) is 14.4. The number of halogens is 3. The number of rotatable bonds is 2. The maximum atomic E-state index is 13.8. The van der Waals surface area contributed by atoms with Crippen molar-refractivity contribution in [2.45, 2.75) is 77.1 Å². The van der Waals surface area contributed by atoms with Crippen molar-refractivity contribution in [3.05, 3.63) is 11.8 Å². The Labute approximate surface area is 170 Å². The topological polar surface area (TPSA) is 50.2 Å². The smallest absolute Gasteiger partial charge is 0.367 e. The molecule has 2 fully saturated rings. The van der Waals surface area contributed by atoms with Crippen molar-refractivity contribution < 1.29 is 18.0 Å². The summed E-state index contributed by atoms with van der Waals surface area (Å²) in [6.07, 6.45) is -1.89. The summed E-state index contributed by atoms with van der Waals surface area (Å²) in [5, 5.41) is 7.64. The van der Waals surface area contributed by atoms with Crippen LogP contribution in [0.15, 0.2) is 6.07 Å². The lowest BCUT2D eigenvalue weighted by Crippen LogP contribution is -2.47. The molecule has 0 radical (unpaired) electrons. The molecule has 3 aliphatic rings. The number of carbonyl (C=O) groups is 1. The molecular formula is C21H31F3N4O. The highest BCUT2D eigenvalue weighted by Gasteiger charge is 2.48. The lowest BCUT2D eigenvalue weighted by atomic mass is 9.84. The largest absolute Gasteiger partial charge is 0.410 e. The Morgan fingerprint density at radius 3 is 2.31 bits per heavy atom. The number of likely N-dealkylation sites (tertiary alicyclic amines) is 1. The van der Waals surface area contributed by atoms with Crippen LogP contribution in [-0.2, 0) is 10.2 Å². The number of hydrogen-bond acceptors (Lipinski definition) is 3. The predicted octanol–water partition coefficient (Wildman–Crippen LogP) is 4.36. The average molecular weight is 413 g/mol. The summed E-state index contributed by atoms with van der Waals surface area (Å²) < 4.78 is 42.6. The number of carbonyl (C=O) groups excluding carboxylic acids is 1. The maximum absolute atomic E-state index is 13.8. The minimum absolute atomic E-state index is 0.0139. The second-order valence-corrected chi connectivity index (χ2v) is 10.1. The van der Waals surface area contributed by atoms with E-state index in [9.17, 15) is 18.0 Å². The number of aromatic nitrogens is 2. The third kappa shape index (κ3) is 3.99. The number of hydrogen-bond donors (Lipinski definition) is 1. The Kier molecular flexibility index (Phi) is 4.89. The monoisotopic (exact) mass is 412 g/mol. The van der Waals surface area contributed by atoms with Crippen LogP contribution in [0.3, 0.4) is 0 Å². The van der Waals surface area contributed by atoms with Gasteiger partial charge in [-0.2, -0.15) is 18.3 Å². The van der Waals surface area contributed by atoms with Gasteiger partial charge in [0.15, 0.2) is 6.04 Å². The molecule has 0 bridgehead atoms. The number of nitrogens with one attached hydrogen (secondary N) is 1. The van der Waals surface area contributed by atoms with Crippen molar-refractivity contribution in [1.29, 1.82) is 0 Å². The highest BCUT2D eigenvalue weighted by Crippen LogP contribution is 2.44. The van der Waals surface area contributed by atoms with Crippen LogP contribution in [0.2, 0.25) is 0 Å². The first-order valence-electron chi connectivity index (χ1n) is 10.7. The molecule has 1 saturated heterocycles. The fraction of sp³-hybridized carbons (Fsp3) is 0.810. The Bertz CT molecular complexity index is 774. The summed E-state index contributed by atoms with van der Waals surface area (Å²) in [6, 6.07) is -0.0968. The molecule has 1 saturated carbocycles. The van der Waals surface area contributed by atoms with E-state index in [4.69, 9.17) is 0 Å². The van der Waals surface area contributed by atoms with Crippen molar-refractivity contribution in [2.75, 3.05) is 18.4 Å². The lowest BCUT2D eigenvalue weighted by molar-refractivity contribution is -0.174. The van der Waals surface area contributed by atoms with Crippen molar-refractivity contribution >= 4 is 11.7 Å². The van der Waals surface area contributed by atoms with Crippen LogP contribution in [0, 0.1) is 17.8 Å². The quantitative estimate of drug-likeness (QED) is 0.785. The zero-order chi connectivity index (χ0) is 21.1. The molecule has 5 nitrogen and oxygen atoms in total. The average Bonchev–Trinajstić information content (AvgIpc) is 3.19. The van der Waals surface area contributed by atoms with E-state index in [0.717, 1.165) is 23.9 Å². The molecule has 4 atom stereocenters. The molecule has 0 aromatic carbocycles. The van der Waals surface area contributed by atoms with Gasteiger partial charge in [-0.3, -0.25) is 4.79 Å². The molecule has 1 aromatic heterocycles. The van der Waals surface area contributed by atoms with Crippen LogP contribution >= 0.6 is 0 Å². The molecule has 1 aliphatic carbocycles.